The highest BCUT2D eigenvalue weighted by atomic mass is 16.4. The molecule has 0 bridgehead atoms. The van der Waals surface area contributed by atoms with Crippen LogP contribution in [0.5, 0.6) is 0 Å². The Morgan fingerprint density at radius 1 is 0.875 bits per heavy atom. The van der Waals surface area contributed by atoms with Crippen LogP contribution in [0.15, 0.2) is 54.6 Å². The Hall–Kier alpha value is -3.58. The zero-order valence-electron chi connectivity index (χ0n) is 12.5. The minimum atomic E-state index is -1.10. The van der Waals surface area contributed by atoms with Gasteiger partial charge < -0.3 is 10.2 Å². The highest BCUT2D eigenvalue weighted by Gasteiger charge is 2.13. The van der Waals surface area contributed by atoms with Crippen LogP contribution in [0.3, 0.4) is 0 Å². The Balaban J connectivity index is 0.000000231. The van der Waals surface area contributed by atoms with Crippen molar-refractivity contribution in [3.8, 4) is 23.5 Å². The zero-order chi connectivity index (χ0) is 17.3. The number of hydrogen-bond donors (Lipinski definition) is 2. The van der Waals surface area contributed by atoms with Gasteiger partial charge in [-0.05, 0) is 46.2 Å². The monoisotopic (exact) mass is 316 g/mol. The van der Waals surface area contributed by atoms with Crippen LogP contribution in [0.1, 0.15) is 26.3 Å². The summed E-state index contributed by atoms with van der Waals surface area (Å²) in [6, 6.07) is 15.8. The zero-order valence-corrected chi connectivity index (χ0v) is 12.5. The van der Waals surface area contributed by atoms with Crippen molar-refractivity contribution in [3.63, 3.8) is 0 Å². The summed E-state index contributed by atoms with van der Waals surface area (Å²) in [6.45, 7) is 0. The van der Waals surface area contributed by atoms with Crippen LogP contribution in [-0.2, 0) is 0 Å². The average Bonchev–Trinajstić information content (AvgIpc) is 3.18. The van der Waals surface area contributed by atoms with E-state index in [-0.39, 0.29) is 16.7 Å². The van der Waals surface area contributed by atoms with Gasteiger partial charge >= 0.3 is 11.9 Å². The van der Waals surface area contributed by atoms with Gasteiger partial charge in [0.05, 0.1) is 11.1 Å². The van der Waals surface area contributed by atoms with Gasteiger partial charge in [0.1, 0.15) is 0 Å². The van der Waals surface area contributed by atoms with E-state index in [4.69, 9.17) is 16.6 Å². The fourth-order valence-corrected chi connectivity index (χ4v) is 2.47. The predicted octanol–water partition coefficient (Wildman–Crippen LogP) is 3.88. The van der Waals surface area contributed by atoms with Gasteiger partial charge in [0.2, 0.25) is 0 Å². The lowest BCUT2D eigenvalue weighted by molar-refractivity contribution is 0.0685. The van der Waals surface area contributed by atoms with Crippen LogP contribution < -0.4 is 0 Å². The predicted molar refractivity (Wildman–Crippen MR) is 91.2 cm³/mol. The van der Waals surface area contributed by atoms with Crippen molar-refractivity contribution in [3.05, 3.63) is 71.3 Å². The Morgan fingerprint density at radius 3 is 2.04 bits per heavy atom. The SMILES string of the molecule is C#Cc1c(C(=O)O)ccc2cc(C(=O)O)ccc12.c1cc2cc-2c1. The minimum absolute atomic E-state index is 0.0353. The number of carboxylic acids is 2. The second-order valence-corrected chi connectivity index (χ2v) is 5.26. The normalized spacial score (nSPS) is 10.3. The van der Waals surface area contributed by atoms with Crippen molar-refractivity contribution >= 4 is 22.7 Å². The molecule has 4 rings (SSSR count). The summed E-state index contributed by atoms with van der Waals surface area (Å²) >= 11 is 0. The fraction of sp³-hybridized carbons (Fsp3) is 0. The lowest BCUT2D eigenvalue weighted by atomic mass is 9.98. The second-order valence-electron chi connectivity index (χ2n) is 5.26. The first-order chi connectivity index (χ1) is 11.5. The number of rotatable bonds is 2. The molecule has 2 N–H and O–H groups in total. The fourth-order valence-electron chi connectivity index (χ4n) is 2.47. The van der Waals surface area contributed by atoms with Gasteiger partial charge in [-0.3, -0.25) is 0 Å². The van der Waals surface area contributed by atoms with E-state index in [9.17, 15) is 9.59 Å². The summed E-state index contributed by atoms with van der Waals surface area (Å²) in [7, 11) is 0. The Kier molecular flexibility index (Phi) is 3.77. The second kappa shape index (κ2) is 5.90. The molecule has 0 heterocycles. The van der Waals surface area contributed by atoms with Gasteiger partial charge in [-0.2, -0.15) is 0 Å². The van der Waals surface area contributed by atoms with Crippen LogP contribution in [0.4, 0.5) is 0 Å². The first-order valence-corrected chi connectivity index (χ1v) is 7.11. The number of carboxylic acid groups (broad SMARTS) is 2. The summed E-state index contributed by atoms with van der Waals surface area (Å²) in [6.07, 6.45) is 5.32. The van der Waals surface area contributed by atoms with Gasteiger partial charge in [0.25, 0.3) is 0 Å². The van der Waals surface area contributed by atoms with Gasteiger partial charge in [0, 0.05) is 5.56 Å². The molecular weight excluding hydrogens is 304 g/mol. The molecule has 0 saturated carbocycles. The summed E-state index contributed by atoms with van der Waals surface area (Å²) in [4.78, 5) is 21.8. The first kappa shape index (κ1) is 15.3. The maximum atomic E-state index is 11.0. The van der Waals surface area contributed by atoms with E-state index >= 15 is 0 Å². The highest BCUT2D eigenvalue weighted by molar-refractivity contribution is 6.02. The molecule has 4 nitrogen and oxygen atoms in total. The molecule has 2 aliphatic carbocycles. The molecule has 4 heteroatoms. The van der Waals surface area contributed by atoms with Crippen molar-refractivity contribution in [2.24, 2.45) is 0 Å². The lowest BCUT2D eigenvalue weighted by Gasteiger charge is -2.06. The van der Waals surface area contributed by atoms with E-state index in [1.807, 2.05) is 0 Å². The van der Waals surface area contributed by atoms with E-state index in [1.54, 1.807) is 6.07 Å². The molecule has 116 valence electrons. The third kappa shape index (κ3) is 2.83. The van der Waals surface area contributed by atoms with Crippen molar-refractivity contribution in [1.82, 2.24) is 0 Å². The summed E-state index contributed by atoms with van der Waals surface area (Å²) in [5, 5.41) is 19.1. The number of terminal acetylenes is 1. The van der Waals surface area contributed by atoms with Gasteiger partial charge in [-0.25, -0.2) is 9.59 Å². The van der Waals surface area contributed by atoms with Crippen molar-refractivity contribution in [2.45, 2.75) is 0 Å². The number of aromatic carboxylic acids is 2. The molecule has 2 aliphatic rings. The molecular formula is C20H12O4. The van der Waals surface area contributed by atoms with Crippen LogP contribution in [-0.4, -0.2) is 22.2 Å². The number of hydrogen-bond acceptors (Lipinski definition) is 2. The van der Waals surface area contributed by atoms with E-state index < -0.39 is 11.9 Å². The quantitative estimate of drug-likeness (QED) is 0.550. The third-order valence-electron chi connectivity index (χ3n) is 3.75. The van der Waals surface area contributed by atoms with Gasteiger partial charge in [-0.15, -0.1) is 6.42 Å². The van der Waals surface area contributed by atoms with E-state index in [0.717, 1.165) is 0 Å². The van der Waals surface area contributed by atoms with Crippen molar-refractivity contribution in [2.75, 3.05) is 0 Å². The maximum Gasteiger partial charge on any atom is 0.336 e. The summed E-state index contributed by atoms with van der Waals surface area (Å²) < 4.78 is 0. The van der Waals surface area contributed by atoms with Crippen LogP contribution in [0.25, 0.3) is 21.9 Å². The molecule has 0 radical (unpaired) electrons. The van der Waals surface area contributed by atoms with Gasteiger partial charge in [0.15, 0.2) is 0 Å². The molecule has 2 aromatic rings. The molecule has 0 fully saturated rings. The molecule has 0 atom stereocenters. The highest BCUT2D eigenvalue weighted by Crippen LogP contribution is 2.32. The van der Waals surface area contributed by atoms with Crippen LogP contribution in [0.2, 0.25) is 0 Å². The topological polar surface area (TPSA) is 74.6 Å². The largest absolute Gasteiger partial charge is 0.478 e. The minimum Gasteiger partial charge on any atom is -0.478 e. The Morgan fingerprint density at radius 2 is 1.58 bits per heavy atom. The molecule has 0 saturated heterocycles. The van der Waals surface area contributed by atoms with Crippen LogP contribution >= 0.6 is 0 Å². The molecule has 0 aromatic heterocycles. The van der Waals surface area contributed by atoms with E-state index in [1.165, 1.54) is 35.4 Å². The smallest absolute Gasteiger partial charge is 0.336 e. The van der Waals surface area contributed by atoms with Gasteiger partial charge in [-0.1, -0.05) is 36.3 Å². The Bertz CT molecular complexity index is 1010. The average molecular weight is 316 g/mol. The van der Waals surface area contributed by atoms with E-state index in [0.29, 0.717) is 10.8 Å². The summed E-state index contributed by atoms with van der Waals surface area (Å²) in [5.74, 6) is 0.196. The molecule has 0 amide bonds. The van der Waals surface area contributed by atoms with Crippen molar-refractivity contribution < 1.29 is 19.8 Å². The molecule has 2 aromatic carbocycles. The standard InChI is InChI=1S/C14H8O4.C6H4/c1-2-10-11-5-4-9(13(15)16)7-8(11)3-6-12(10)14(17)18;1-2-5-4-6(5)3-1/h1,3-7H,(H,15,16)(H,17,18);1-4H. The number of fused-ring (bicyclic) bond motifs is 2. The number of benzene rings is 3. The number of carbonyl (C=O) groups is 2. The maximum absolute atomic E-state index is 11.0. The molecule has 0 unspecified atom stereocenters. The van der Waals surface area contributed by atoms with Crippen LogP contribution in [0, 0.1) is 12.3 Å². The summed E-state index contributed by atoms with van der Waals surface area (Å²) in [5.41, 5.74) is 3.28. The molecule has 24 heavy (non-hydrogen) atoms. The molecule has 0 spiro atoms. The van der Waals surface area contributed by atoms with Crippen molar-refractivity contribution in [1.29, 1.82) is 0 Å². The Labute approximate surface area is 138 Å². The first-order valence-electron chi connectivity index (χ1n) is 7.11. The molecule has 0 aliphatic heterocycles. The lowest BCUT2D eigenvalue weighted by Crippen LogP contribution is -2.01. The third-order valence-corrected chi connectivity index (χ3v) is 3.75. The van der Waals surface area contributed by atoms with E-state index in [2.05, 4.69) is 30.2 Å².